The molecule has 4 nitrogen and oxygen atoms in total. The Labute approximate surface area is 139 Å². The van der Waals surface area contributed by atoms with Crippen molar-refractivity contribution in [3.05, 3.63) is 28.8 Å². The van der Waals surface area contributed by atoms with Crippen LogP contribution in [0.1, 0.15) is 36.5 Å². The molecule has 0 saturated carbocycles. The maximum Gasteiger partial charge on any atom is 0.303 e. The molecule has 0 radical (unpaired) electrons. The van der Waals surface area contributed by atoms with Gasteiger partial charge in [0.15, 0.2) is 0 Å². The van der Waals surface area contributed by atoms with Crippen LogP contribution in [0.3, 0.4) is 0 Å². The Morgan fingerprint density at radius 3 is 2.64 bits per heavy atom. The Balaban J connectivity index is 2.06. The number of carboxylic acid groups (broad SMARTS) is 1. The first-order valence-corrected chi connectivity index (χ1v) is 8.81. The average molecular weight is 342 g/mol. The number of nitrogens with zero attached hydrogens (tertiary/aromatic N) is 1. The number of aliphatic carboxylic acids is 1. The predicted molar refractivity (Wildman–Crippen MR) is 88.7 cm³/mol. The van der Waals surface area contributed by atoms with E-state index in [2.05, 4.69) is 0 Å². The quantitative estimate of drug-likeness (QED) is 0.828. The molecule has 0 atom stereocenters. The summed E-state index contributed by atoms with van der Waals surface area (Å²) in [7, 11) is 0. The maximum atomic E-state index is 12.7. The molecule has 1 aromatic rings. The molecule has 1 heterocycles. The van der Waals surface area contributed by atoms with Gasteiger partial charge in [0.1, 0.15) is 0 Å². The first-order chi connectivity index (χ1) is 10.5. The van der Waals surface area contributed by atoms with Gasteiger partial charge in [-0.1, -0.05) is 18.5 Å². The van der Waals surface area contributed by atoms with E-state index in [0.29, 0.717) is 23.7 Å². The van der Waals surface area contributed by atoms with Crippen LogP contribution in [-0.4, -0.2) is 40.7 Å². The molecular formula is C16H20ClNO3S. The molecule has 1 aromatic carbocycles. The van der Waals surface area contributed by atoms with Gasteiger partial charge in [-0.2, -0.15) is 0 Å². The lowest BCUT2D eigenvalue weighted by atomic mass is 9.93. The van der Waals surface area contributed by atoms with Gasteiger partial charge in [-0.05, 0) is 42.7 Å². The van der Waals surface area contributed by atoms with E-state index < -0.39 is 5.97 Å². The summed E-state index contributed by atoms with van der Waals surface area (Å²) in [6.45, 7) is 3.27. The number of carboxylic acids is 1. The molecule has 22 heavy (non-hydrogen) atoms. The van der Waals surface area contributed by atoms with Crippen molar-refractivity contribution in [3.63, 3.8) is 0 Å². The summed E-state index contributed by atoms with van der Waals surface area (Å²) in [6.07, 6.45) is 1.68. The van der Waals surface area contributed by atoms with Gasteiger partial charge >= 0.3 is 5.97 Å². The van der Waals surface area contributed by atoms with Crippen LogP contribution in [0.15, 0.2) is 23.1 Å². The van der Waals surface area contributed by atoms with Gasteiger partial charge in [0.25, 0.3) is 5.91 Å². The summed E-state index contributed by atoms with van der Waals surface area (Å²) in [5.41, 5.74) is 0.649. The molecule has 1 saturated heterocycles. The number of amides is 1. The Kier molecular flexibility index (Phi) is 6.15. The van der Waals surface area contributed by atoms with E-state index in [1.54, 1.807) is 23.9 Å². The Hall–Kier alpha value is -1.20. The molecule has 1 aliphatic heterocycles. The molecule has 1 fully saturated rings. The van der Waals surface area contributed by atoms with Crippen molar-refractivity contribution in [1.82, 2.24) is 4.90 Å². The molecule has 0 aromatic heterocycles. The van der Waals surface area contributed by atoms with E-state index in [-0.39, 0.29) is 18.2 Å². The van der Waals surface area contributed by atoms with Gasteiger partial charge in [0.05, 0.1) is 5.56 Å². The van der Waals surface area contributed by atoms with Gasteiger partial charge in [-0.25, -0.2) is 0 Å². The molecule has 120 valence electrons. The largest absolute Gasteiger partial charge is 0.481 e. The van der Waals surface area contributed by atoms with Gasteiger partial charge in [-0.15, -0.1) is 11.8 Å². The van der Waals surface area contributed by atoms with E-state index in [4.69, 9.17) is 16.7 Å². The molecule has 1 aliphatic rings. The minimum atomic E-state index is -0.763. The average Bonchev–Trinajstić information content (AvgIpc) is 2.49. The van der Waals surface area contributed by atoms with Crippen LogP contribution in [0.4, 0.5) is 0 Å². The smallest absolute Gasteiger partial charge is 0.303 e. The lowest BCUT2D eigenvalue weighted by molar-refractivity contribution is -0.138. The zero-order chi connectivity index (χ0) is 16.1. The first-order valence-electron chi connectivity index (χ1n) is 7.44. The lowest BCUT2D eigenvalue weighted by Gasteiger charge is -2.31. The predicted octanol–water partition coefficient (Wildman–Crippen LogP) is 3.78. The van der Waals surface area contributed by atoms with Crippen LogP contribution in [-0.2, 0) is 4.79 Å². The van der Waals surface area contributed by atoms with E-state index in [9.17, 15) is 9.59 Å². The summed E-state index contributed by atoms with van der Waals surface area (Å²) in [6, 6.07) is 5.42. The Morgan fingerprint density at radius 2 is 2.05 bits per heavy atom. The van der Waals surface area contributed by atoms with E-state index in [1.165, 1.54) is 0 Å². The molecule has 1 amide bonds. The number of likely N-dealkylation sites (tertiary alicyclic amines) is 1. The molecule has 2 rings (SSSR count). The minimum absolute atomic E-state index is 0.00720. The number of benzene rings is 1. The normalized spacial score (nSPS) is 15.8. The zero-order valence-corrected chi connectivity index (χ0v) is 14.1. The highest BCUT2D eigenvalue weighted by Gasteiger charge is 2.26. The van der Waals surface area contributed by atoms with Crippen LogP contribution in [0.2, 0.25) is 5.02 Å². The van der Waals surface area contributed by atoms with E-state index in [1.807, 2.05) is 17.9 Å². The zero-order valence-electron chi connectivity index (χ0n) is 12.5. The molecule has 1 N–H and O–H groups in total. The third-order valence-electron chi connectivity index (χ3n) is 3.84. The second-order valence-corrected chi connectivity index (χ2v) is 7.15. The van der Waals surface area contributed by atoms with Crippen LogP contribution >= 0.6 is 23.4 Å². The highest BCUT2D eigenvalue weighted by atomic mass is 35.5. The highest BCUT2D eigenvalue weighted by molar-refractivity contribution is 7.99. The van der Waals surface area contributed by atoms with E-state index in [0.717, 1.165) is 23.5 Å². The molecule has 6 heteroatoms. The van der Waals surface area contributed by atoms with Gasteiger partial charge < -0.3 is 10.0 Å². The number of hydrogen-bond donors (Lipinski definition) is 1. The summed E-state index contributed by atoms with van der Waals surface area (Å²) < 4.78 is 0. The summed E-state index contributed by atoms with van der Waals surface area (Å²) >= 11 is 7.66. The van der Waals surface area contributed by atoms with Gasteiger partial charge in [-0.3, -0.25) is 9.59 Å². The first kappa shape index (κ1) is 17.2. The number of carbonyl (C=O) groups is 2. The highest BCUT2D eigenvalue weighted by Crippen LogP contribution is 2.28. The second-order valence-electron chi connectivity index (χ2n) is 5.41. The lowest BCUT2D eigenvalue weighted by Crippen LogP contribution is -2.39. The third-order valence-corrected chi connectivity index (χ3v) is 5.03. The number of carbonyl (C=O) groups excluding carboxylic acids is 1. The van der Waals surface area contributed by atoms with Gasteiger partial charge in [0.2, 0.25) is 0 Å². The fourth-order valence-electron chi connectivity index (χ4n) is 2.71. The molecule has 0 bridgehead atoms. The summed E-state index contributed by atoms with van der Waals surface area (Å²) in [5, 5.41) is 9.41. The fraction of sp³-hybridized carbons (Fsp3) is 0.500. The van der Waals surface area contributed by atoms with Crippen LogP contribution in [0.5, 0.6) is 0 Å². The SMILES string of the molecule is CCSc1ccc(Cl)cc1C(=O)N1CCC(CC(=O)O)CC1. The van der Waals surface area contributed by atoms with Crippen molar-refractivity contribution in [2.24, 2.45) is 5.92 Å². The van der Waals surface area contributed by atoms with Crippen LogP contribution in [0, 0.1) is 5.92 Å². The number of rotatable bonds is 5. The second kappa shape index (κ2) is 7.88. The van der Waals surface area contributed by atoms with Crippen LogP contribution < -0.4 is 0 Å². The van der Waals surface area contributed by atoms with Crippen LogP contribution in [0.25, 0.3) is 0 Å². The number of piperidine rings is 1. The summed E-state index contributed by atoms with van der Waals surface area (Å²) in [4.78, 5) is 26.2. The molecule has 0 unspecified atom stereocenters. The van der Waals surface area contributed by atoms with E-state index >= 15 is 0 Å². The third kappa shape index (κ3) is 4.40. The van der Waals surface area contributed by atoms with Gasteiger partial charge in [0, 0.05) is 29.4 Å². The Morgan fingerprint density at radius 1 is 1.36 bits per heavy atom. The standard InChI is InChI=1S/C16H20ClNO3S/c1-2-22-14-4-3-12(17)10-13(14)16(21)18-7-5-11(6-8-18)9-15(19)20/h3-4,10-11H,2,5-9H2,1H3,(H,19,20). The van der Waals surface area contributed by atoms with Crippen molar-refractivity contribution in [3.8, 4) is 0 Å². The minimum Gasteiger partial charge on any atom is -0.481 e. The number of hydrogen-bond acceptors (Lipinski definition) is 3. The fourth-order valence-corrected chi connectivity index (χ4v) is 3.66. The number of thioether (sulfide) groups is 1. The molecule has 0 aliphatic carbocycles. The molecular weight excluding hydrogens is 322 g/mol. The topological polar surface area (TPSA) is 57.6 Å². The maximum absolute atomic E-state index is 12.7. The van der Waals surface area contributed by atoms with Crippen molar-refractivity contribution >= 4 is 35.2 Å². The monoisotopic (exact) mass is 341 g/mol. The Bertz CT molecular complexity index is 556. The van der Waals surface area contributed by atoms with Crippen molar-refractivity contribution in [1.29, 1.82) is 0 Å². The summed E-state index contributed by atoms with van der Waals surface area (Å²) in [5.74, 6) is 0.293. The van der Waals surface area contributed by atoms with Crippen molar-refractivity contribution in [2.45, 2.75) is 31.1 Å². The molecule has 0 spiro atoms. The number of halogens is 1. The van der Waals surface area contributed by atoms with Crippen molar-refractivity contribution in [2.75, 3.05) is 18.8 Å². The van der Waals surface area contributed by atoms with Crippen molar-refractivity contribution < 1.29 is 14.7 Å².